The molecule has 1 N–H and O–H groups in total. The van der Waals surface area contributed by atoms with Crippen LogP contribution >= 0.6 is 0 Å². The number of methoxy groups -OCH3 is 1. The Labute approximate surface area is 183 Å². The Balaban J connectivity index is 1.34. The molecule has 3 aromatic carbocycles. The van der Waals surface area contributed by atoms with Gasteiger partial charge in [-0.2, -0.15) is 0 Å². The Bertz CT molecular complexity index is 1070. The third kappa shape index (κ3) is 5.00. The number of nitrogens with one attached hydrogen (secondary N) is 1. The van der Waals surface area contributed by atoms with Gasteiger partial charge in [-0.15, -0.1) is 0 Å². The van der Waals surface area contributed by atoms with Gasteiger partial charge < -0.3 is 19.5 Å². The van der Waals surface area contributed by atoms with Crippen LogP contribution in [-0.2, 0) is 19.6 Å². The van der Waals surface area contributed by atoms with Crippen molar-refractivity contribution in [1.29, 1.82) is 0 Å². The number of ether oxygens (including phenoxy) is 3. The smallest absolute Gasteiger partial charge is 0.251 e. The minimum atomic E-state index is -0.207. The zero-order valence-corrected chi connectivity index (χ0v) is 18.1. The number of para-hydroxylation sites is 1. The Hall–Kier alpha value is -3.47. The zero-order valence-electron chi connectivity index (χ0n) is 18.1. The Morgan fingerprint density at radius 2 is 1.81 bits per heavy atom. The average Bonchev–Trinajstić information content (AvgIpc) is 3.11. The molecule has 1 heterocycles. The summed E-state index contributed by atoms with van der Waals surface area (Å²) >= 11 is 0. The van der Waals surface area contributed by atoms with E-state index in [4.69, 9.17) is 14.2 Å². The van der Waals surface area contributed by atoms with Crippen LogP contribution in [0.2, 0.25) is 0 Å². The van der Waals surface area contributed by atoms with Crippen molar-refractivity contribution in [3.8, 4) is 17.2 Å². The van der Waals surface area contributed by atoms with Gasteiger partial charge in [0.2, 0.25) is 0 Å². The number of fused-ring (bicyclic) bond motifs is 1. The highest BCUT2D eigenvalue weighted by molar-refractivity contribution is 5.94. The Kier molecular flexibility index (Phi) is 5.85. The third-order valence-corrected chi connectivity index (χ3v) is 5.25. The molecule has 4 rings (SSSR count). The average molecular weight is 418 g/mol. The summed E-state index contributed by atoms with van der Waals surface area (Å²) in [4.78, 5) is 12.5. The lowest BCUT2D eigenvalue weighted by atomic mass is 10.0. The van der Waals surface area contributed by atoms with Gasteiger partial charge >= 0.3 is 0 Å². The lowest BCUT2D eigenvalue weighted by molar-refractivity contribution is 0.0950. The van der Waals surface area contributed by atoms with E-state index in [-0.39, 0.29) is 11.5 Å². The van der Waals surface area contributed by atoms with E-state index in [9.17, 15) is 4.79 Å². The largest absolute Gasteiger partial charge is 0.497 e. The highest BCUT2D eigenvalue weighted by Gasteiger charge is 2.32. The van der Waals surface area contributed by atoms with Crippen LogP contribution in [0.5, 0.6) is 17.2 Å². The van der Waals surface area contributed by atoms with Gasteiger partial charge in [0.1, 0.15) is 18.0 Å². The minimum Gasteiger partial charge on any atom is -0.497 e. The summed E-state index contributed by atoms with van der Waals surface area (Å²) in [6.07, 6.45) is 0.874. The maximum Gasteiger partial charge on any atom is 0.251 e. The lowest BCUT2D eigenvalue weighted by Crippen LogP contribution is -2.24. The first kappa shape index (κ1) is 20.8. The molecule has 0 saturated carbocycles. The fraction of sp³-hybridized carbons (Fsp3) is 0.269. The van der Waals surface area contributed by atoms with Crippen molar-refractivity contribution in [3.05, 3.63) is 89.0 Å². The molecule has 0 aliphatic carbocycles. The van der Waals surface area contributed by atoms with Crippen molar-refractivity contribution in [2.24, 2.45) is 0 Å². The second kappa shape index (κ2) is 8.72. The van der Waals surface area contributed by atoms with Crippen molar-refractivity contribution >= 4 is 5.91 Å². The molecule has 0 fully saturated rings. The molecule has 1 aliphatic rings. The molecule has 0 bridgehead atoms. The molecule has 160 valence electrons. The van der Waals surface area contributed by atoms with E-state index in [0.29, 0.717) is 18.7 Å². The van der Waals surface area contributed by atoms with E-state index < -0.39 is 0 Å². The summed E-state index contributed by atoms with van der Waals surface area (Å²) in [5.74, 6) is 2.24. The number of carbonyl (C=O) groups is 1. The van der Waals surface area contributed by atoms with Gasteiger partial charge in [-0.05, 0) is 55.3 Å². The van der Waals surface area contributed by atoms with Crippen LogP contribution in [0.4, 0.5) is 0 Å². The van der Waals surface area contributed by atoms with E-state index >= 15 is 0 Å². The van der Waals surface area contributed by atoms with Gasteiger partial charge in [0, 0.05) is 24.1 Å². The number of hydrogen-bond donors (Lipinski definition) is 1. The SMILES string of the molecule is COc1cccc(CNC(=O)c2ccc(COc3cccc4c3OC(C)(C)C4)cc2)c1. The van der Waals surface area contributed by atoms with Crippen LogP contribution in [0, 0.1) is 0 Å². The normalized spacial score (nSPS) is 13.8. The van der Waals surface area contributed by atoms with Crippen LogP contribution in [0.15, 0.2) is 66.7 Å². The number of rotatable bonds is 7. The first-order valence-corrected chi connectivity index (χ1v) is 10.4. The molecule has 0 aromatic heterocycles. The summed E-state index contributed by atoms with van der Waals surface area (Å²) in [7, 11) is 1.63. The molecule has 1 aliphatic heterocycles. The van der Waals surface area contributed by atoms with E-state index in [1.807, 2.05) is 60.7 Å². The molecular weight excluding hydrogens is 390 g/mol. The molecule has 1 amide bonds. The van der Waals surface area contributed by atoms with Crippen molar-refractivity contribution < 1.29 is 19.0 Å². The first-order chi connectivity index (χ1) is 14.9. The molecule has 5 nitrogen and oxygen atoms in total. The number of benzene rings is 3. The van der Waals surface area contributed by atoms with Crippen molar-refractivity contribution in [1.82, 2.24) is 5.32 Å². The van der Waals surface area contributed by atoms with E-state index in [2.05, 4.69) is 25.2 Å². The number of carbonyl (C=O) groups excluding carboxylic acids is 1. The maximum atomic E-state index is 12.5. The molecule has 0 saturated heterocycles. The molecule has 0 atom stereocenters. The van der Waals surface area contributed by atoms with Gasteiger partial charge in [0.15, 0.2) is 11.5 Å². The molecule has 31 heavy (non-hydrogen) atoms. The molecule has 5 heteroatoms. The summed E-state index contributed by atoms with van der Waals surface area (Å²) in [5.41, 5.74) is 3.54. The molecule has 0 unspecified atom stereocenters. The van der Waals surface area contributed by atoms with Gasteiger partial charge in [-0.25, -0.2) is 0 Å². The third-order valence-electron chi connectivity index (χ3n) is 5.25. The molecule has 3 aromatic rings. The van der Waals surface area contributed by atoms with Crippen LogP contribution in [0.1, 0.15) is 40.9 Å². The van der Waals surface area contributed by atoms with Crippen molar-refractivity contribution in [2.75, 3.05) is 7.11 Å². The lowest BCUT2D eigenvalue weighted by Gasteiger charge is -2.18. The predicted octanol–water partition coefficient (Wildman–Crippen LogP) is 4.92. The van der Waals surface area contributed by atoms with E-state index in [1.165, 1.54) is 5.56 Å². The molecule has 0 radical (unpaired) electrons. The fourth-order valence-electron chi connectivity index (χ4n) is 3.68. The topological polar surface area (TPSA) is 56.8 Å². The second-order valence-corrected chi connectivity index (χ2v) is 8.30. The molecular formula is C26H27NO4. The Morgan fingerprint density at radius 1 is 1.03 bits per heavy atom. The highest BCUT2D eigenvalue weighted by Crippen LogP contribution is 2.41. The van der Waals surface area contributed by atoms with Gasteiger partial charge in [-0.1, -0.05) is 36.4 Å². The van der Waals surface area contributed by atoms with Gasteiger partial charge in [0.25, 0.3) is 5.91 Å². The van der Waals surface area contributed by atoms with Gasteiger partial charge in [-0.3, -0.25) is 4.79 Å². The standard InChI is InChI=1S/C26H27NO4/c1-26(2)15-21-7-5-9-23(24(21)31-26)30-17-18-10-12-20(13-11-18)25(28)27-16-19-6-4-8-22(14-19)29-3/h4-14H,15-17H2,1-3H3,(H,27,28). The van der Waals surface area contributed by atoms with E-state index in [0.717, 1.165) is 34.8 Å². The van der Waals surface area contributed by atoms with Crippen molar-refractivity contribution in [2.45, 2.75) is 39.0 Å². The first-order valence-electron chi connectivity index (χ1n) is 10.4. The summed E-state index contributed by atoms with van der Waals surface area (Å²) < 4.78 is 17.3. The van der Waals surface area contributed by atoms with E-state index in [1.54, 1.807) is 7.11 Å². The monoisotopic (exact) mass is 417 g/mol. The quantitative estimate of drug-likeness (QED) is 0.593. The minimum absolute atomic E-state index is 0.119. The predicted molar refractivity (Wildman–Crippen MR) is 120 cm³/mol. The Morgan fingerprint density at radius 3 is 2.58 bits per heavy atom. The van der Waals surface area contributed by atoms with Crippen LogP contribution in [0.3, 0.4) is 0 Å². The number of amides is 1. The van der Waals surface area contributed by atoms with Gasteiger partial charge in [0.05, 0.1) is 7.11 Å². The maximum absolute atomic E-state index is 12.5. The fourth-order valence-corrected chi connectivity index (χ4v) is 3.68. The van der Waals surface area contributed by atoms with Crippen LogP contribution < -0.4 is 19.5 Å². The number of hydrogen-bond acceptors (Lipinski definition) is 4. The molecule has 0 spiro atoms. The van der Waals surface area contributed by atoms with Crippen molar-refractivity contribution in [3.63, 3.8) is 0 Å². The second-order valence-electron chi connectivity index (χ2n) is 8.30. The van der Waals surface area contributed by atoms with Crippen LogP contribution in [0.25, 0.3) is 0 Å². The van der Waals surface area contributed by atoms with Crippen LogP contribution in [-0.4, -0.2) is 18.6 Å². The summed E-state index contributed by atoms with van der Waals surface area (Å²) in [6.45, 7) is 5.01. The summed E-state index contributed by atoms with van der Waals surface area (Å²) in [6, 6.07) is 21.1. The zero-order chi connectivity index (χ0) is 21.8. The summed E-state index contributed by atoms with van der Waals surface area (Å²) in [5, 5.41) is 2.94. The highest BCUT2D eigenvalue weighted by atomic mass is 16.5.